The van der Waals surface area contributed by atoms with Crippen LogP contribution >= 0.6 is 0 Å². The average Bonchev–Trinajstić information content (AvgIpc) is 2.88. The van der Waals surface area contributed by atoms with Gasteiger partial charge in [0.1, 0.15) is 0 Å². The summed E-state index contributed by atoms with van der Waals surface area (Å²) in [5.74, 6) is 0.443. The average molecular weight is 515 g/mol. The molecular formula is C31H62O5. The second-order valence-corrected chi connectivity index (χ2v) is 10.3. The largest absolute Gasteiger partial charge is 0.465 e. The third-order valence-electron chi connectivity index (χ3n) is 6.72. The molecule has 0 aliphatic heterocycles. The first-order valence-electron chi connectivity index (χ1n) is 15.6. The summed E-state index contributed by atoms with van der Waals surface area (Å²) in [6.07, 6.45) is 22.9. The van der Waals surface area contributed by atoms with Crippen LogP contribution in [0.3, 0.4) is 0 Å². The second-order valence-electron chi connectivity index (χ2n) is 10.3. The molecule has 0 aromatic carbocycles. The molecule has 0 saturated carbocycles. The van der Waals surface area contributed by atoms with Crippen LogP contribution in [-0.4, -0.2) is 52.2 Å². The molecule has 0 aliphatic carbocycles. The highest BCUT2D eigenvalue weighted by Crippen LogP contribution is 2.19. The van der Waals surface area contributed by atoms with Gasteiger partial charge in [0.25, 0.3) is 0 Å². The van der Waals surface area contributed by atoms with E-state index in [1.807, 2.05) is 0 Å². The molecule has 1 atom stereocenters. The molecule has 5 nitrogen and oxygen atoms in total. The Balaban J connectivity index is 3.66. The predicted octanol–water partition coefficient (Wildman–Crippen LogP) is 8.67. The van der Waals surface area contributed by atoms with E-state index in [0.29, 0.717) is 58.4 Å². The Hall–Kier alpha value is -0.650. The zero-order valence-corrected chi connectivity index (χ0v) is 24.5. The summed E-state index contributed by atoms with van der Waals surface area (Å²) in [6.45, 7) is 11.1. The summed E-state index contributed by atoms with van der Waals surface area (Å²) >= 11 is 0. The third kappa shape index (κ3) is 27.9. The van der Waals surface area contributed by atoms with Crippen LogP contribution in [0.25, 0.3) is 0 Å². The fourth-order valence-corrected chi connectivity index (χ4v) is 4.34. The van der Waals surface area contributed by atoms with Gasteiger partial charge in [-0.3, -0.25) is 4.79 Å². The maximum absolute atomic E-state index is 12.2. The standard InChI is InChI=1S/C31H62O5/c1-4-7-10-13-14-17-21-30(20-16-12-9-6-3)29-36-31(32)22-19-24-34-26-28-35-27-25-33-23-18-15-11-8-5-2/h30H,4-29H2,1-3H3. The minimum Gasteiger partial charge on any atom is -0.465 e. The van der Waals surface area contributed by atoms with Crippen molar-refractivity contribution < 1.29 is 23.7 Å². The fraction of sp³-hybridized carbons (Fsp3) is 0.968. The minimum absolute atomic E-state index is 0.0804. The first-order chi connectivity index (χ1) is 17.7. The molecule has 0 fully saturated rings. The van der Waals surface area contributed by atoms with Crippen LogP contribution in [0.5, 0.6) is 0 Å². The van der Waals surface area contributed by atoms with Gasteiger partial charge in [-0.15, -0.1) is 0 Å². The predicted molar refractivity (Wildman–Crippen MR) is 152 cm³/mol. The van der Waals surface area contributed by atoms with Crippen molar-refractivity contribution >= 4 is 5.97 Å². The van der Waals surface area contributed by atoms with E-state index in [-0.39, 0.29) is 5.97 Å². The normalized spacial score (nSPS) is 12.2. The van der Waals surface area contributed by atoms with E-state index < -0.39 is 0 Å². The summed E-state index contributed by atoms with van der Waals surface area (Å²) in [7, 11) is 0. The van der Waals surface area contributed by atoms with E-state index in [4.69, 9.17) is 18.9 Å². The number of unbranched alkanes of at least 4 members (excludes halogenated alkanes) is 12. The number of esters is 1. The van der Waals surface area contributed by atoms with Gasteiger partial charge in [-0.1, -0.05) is 111 Å². The molecule has 0 aliphatic rings. The van der Waals surface area contributed by atoms with Gasteiger partial charge in [0.15, 0.2) is 0 Å². The monoisotopic (exact) mass is 514 g/mol. The summed E-state index contributed by atoms with van der Waals surface area (Å²) in [4.78, 5) is 12.2. The first-order valence-corrected chi connectivity index (χ1v) is 15.6. The van der Waals surface area contributed by atoms with E-state index in [9.17, 15) is 4.79 Å². The van der Waals surface area contributed by atoms with Crippen molar-refractivity contribution in [1.82, 2.24) is 0 Å². The van der Waals surface area contributed by atoms with E-state index in [1.165, 1.54) is 103 Å². The maximum Gasteiger partial charge on any atom is 0.305 e. The Kier molecular flexibility index (Phi) is 30.0. The highest BCUT2D eigenvalue weighted by atomic mass is 16.5. The van der Waals surface area contributed by atoms with Crippen molar-refractivity contribution in [3.63, 3.8) is 0 Å². The number of carbonyl (C=O) groups is 1. The molecule has 36 heavy (non-hydrogen) atoms. The summed E-state index contributed by atoms with van der Waals surface area (Å²) < 4.78 is 22.3. The summed E-state index contributed by atoms with van der Waals surface area (Å²) in [5, 5.41) is 0. The molecule has 1 unspecified atom stereocenters. The van der Waals surface area contributed by atoms with Crippen molar-refractivity contribution in [2.24, 2.45) is 5.92 Å². The van der Waals surface area contributed by atoms with Crippen molar-refractivity contribution in [3.8, 4) is 0 Å². The molecule has 0 aromatic heterocycles. The molecule has 5 heteroatoms. The third-order valence-corrected chi connectivity index (χ3v) is 6.72. The molecule has 0 bridgehead atoms. The zero-order chi connectivity index (χ0) is 26.4. The van der Waals surface area contributed by atoms with E-state index in [1.54, 1.807) is 0 Å². The van der Waals surface area contributed by atoms with Gasteiger partial charge in [-0.05, 0) is 31.6 Å². The smallest absolute Gasteiger partial charge is 0.305 e. The molecule has 0 rings (SSSR count). The Bertz CT molecular complexity index is 429. The lowest BCUT2D eigenvalue weighted by Gasteiger charge is -2.17. The number of hydrogen-bond donors (Lipinski definition) is 0. The molecule has 0 amide bonds. The highest BCUT2D eigenvalue weighted by molar-refractivity contribution is 5.69. The first kappa shape index (κ1) is 35.4. The SMILES string of the molecule is CCCCCCCCC(CCCCCC)COC(=O)CCCOCCOCCOCCCCCCC. The highest BCUT2D eigenvalue weighted by Gasteiger charge is 2.12. The lowest BCUT2D eigenvalue weighted by atomic mass is 9.95. The van der Waals surface area contributed by atoms with Crippen molar-refractivity contribution in [2.45, 2.75) is 143 Å². The minimum atomic E-state index is -0.0804. The van der Waals surface area contributed by atoms with Crippen LogP contribution in [0.1, 0.15) is 143 Å². The Morgan fingerprint density at radius 3 is 1.47 bits per heavy atom. The van der Waals surface area contributed by atoms with Gasteiger partial charge in [0.2, 0.25) is 0 Å². The molecule has 216 valence electrons. The van der Waals surface area contributed by atoms with E-state index in [2.05, 4.69) is 20.8 Å². The number of carbonyl (C=O) groups excluding carboxylic acids is 1. The Labute approximate surface area is 224 Å². The van der Waals surface area contributed by atoms with Crippen LogP contribution in [-0.2, 0) is 23.7 Å². The quantitative estimate of drug-likeness (QED) is 0.0709. The molecule has 0 N–H and O–H groups in total. The van der Waals surface area contributed by atoms with Crippen LogP contribution in [0, 0.1) is 5.92 Å². The van der Waals surface area contributed by atoms with Crippen LogP contribution < -0.4 is 0 Å². The van der Waals surface area contributed by atoms with Gasteiger partial charge in [0, 0.05) is 19.6 Å². The van der Waals surface area contributed by atoms with Crippen LogP contribution in [0.15, 0.2) is 0 Å². The van der Waals surface area contributed by atoms with E-state index in [0.717, 1.165) is 13.0 Å². The molecule has 0 heterocycles. The Morgan fingerprint density at radius 2 is 0.917 bits per heavy atom. The molecule has 0 saturated heterocycles. The van der Waals surface area contributed by atoms with Gasteiger partial charge < -0.3 is 18.9 Å². The molecule has 0 spiro atoms. The molecular weight excluding hydrogens is 452 g/mol. The van der Waals surface area contributed by atoms with Gasteiger partial charge in [0.05, 0.1) is 33.0 Å². The number of rotatable bonds is 30. The van der Waals surface area contributed by atoms with E-state index >= 15 is 0 Å². The lowest BCUT2D eigenvalue weighted by molar-refractivity contribution is -0.145. The second kappa shape index (κ2) is 30.6. The Morgan fingerprint density at radius 1 is 0.500 bits per heavy atom. The van der Waals surface area contributed by atoms with Gasteiger partial charge in [-0.25, -0.2) is 0 Å². The van der Waals surface area contributed by atoms with Crippen LogP contribution in [0.2, 0.25) is 0 Å². The lowest BCUT2D eigenvalue weighted by Crippen LogP contribution is -2.15. The number of ether oxygens (including phenoxy) is 4. The molecule has 0 radical (unpaired) electrons. The zero-order valence-electron chi connectivity index (χ0n) is 24.5. The van der Waals surface area contributed by atoms with Crippen LogP contribution in [0.4, 0.5) is 0 Å². The summed E-state index contributed by atoms with van der Waals surface area (Å²) in [6, 6.07) is 0. The van der Waals surface area contributed by atoms with Gasteiger partial charge >= 0.3 is 5.97 Å². The van der Waals surface area contributed by atoms with Crippen molar-refractivity contribution in [3.05, 3.63) is 0 Å². The van der Waals surface area contributed by atoms with Gasteiger partial charge in [-0.2, -0.15) is 0 Å². The molecule has 0 aromatic rings. The van der Waals surface area contributed by atoms with Crippen molar-refractivity contribution in [2.75, 3.05) is 46.2 Å². The fourth-order valence-electron chi connectivity index (χ4n) is 4.34. The number of hydrogen-bond acceptors (Lipinski definition) is 5. The van der Waals surface area contributed by atoms with Crippen molar-refractivity contribution in [1.29, 1.82) is 0 Å². The topological polar surface area (TPSA) is 54.0 Å². The maximum atomic E-state index is 12.2. The summed E-state index contributed by atoms with van der Waals surface area (Å²) in [5.41, 5.74) is 0.